The molecule has 1 saturated carbocycles. The maximum Gasteiger partial charge on any atom is 0.418 e. The Morgan fingerprint density at radius 2 is 1.87 bits per heavy atom. The molecule has 208 valence electrons. The smallest absolute Gasteiger partial charge is 0.418 e. The Balaban J connectivity index is 1.55. The summed E-state index contributed by atoms with van der Waals surface area (Å²) in [5, 5.41) is 11.6. The number of carboxylic acid groups (broad SMARTS) is 1. The molecule has 0 spiro atoms. The number of hydrogen-bond acceptors (Lipinski definition) is 3. The lowest BCUT2D eigenvalue weighted by Gasteiger charge is -2.17. The molecule has 1 aliphatic carbocycles. The topological polar surface area (TPSA) is 80.6 Å². The monoisotopic (exact) mass is 550 g/mol. The number of rotatable bonds is 11. The zero-order valence-electron chi connectivity index (χ0n) is 21.0. The number of amides is 1. The van der Waals surface area contributed by atoms with Gasteiger partial charge in [0.1, 0.15) is 11.5 Å². The van der Waals surface area contributed by atoms with E-state index in [0.717, 1.165) is 18.6 Å². The Kier molecular flexibility index (Phi) is 8.27. The van der Waals surface area contributed by atoms with Crippen LogP contribution in [-0.4, -0.2) is 28.2 Å². The standard InChI is InChI=1S/C28H27F5N2O4/c1-2-3-11-35-18(10-12-39-25-9-5-17(29)14-22(25)30)6-8-24(35)26(36)34-23-13-16(19-15-20(19)27(37)38)4-7-21(23)28(31,32)33/h4-9,13-14,19-20H,2-3,10-12,15H2,1H3,(H,34,36)(H,37,38)/t19-,20-/m1/s1. The first-order valence-electron chi connectivity index (χ1n) is 12.5. The van der Waals surface area contributed by atoms with Crippen molar-refractivity contribution >= 4 is 17.6 Å². The molecule has 0 bridgehead atoms. The number of nitrogens with one attached hydrogen (secondary N) is 1. The molecule has 1 heterocycles. The van der Waals surface area contributed by atoms with E-state index in [-0.39, 0.29) is 24.5 Å². The van der Waals surface area contributed by atoms with Gasteiger partial charge in [-0.25, -0.2) is 8.78 Å². The van der Waals surface area contributed by atoms with E-state index in [1.807, 2.05) is 6.92 Å². The van der Waals surface area contributed by atoms with Crippen LogP contribution in [0.5, 0.6) is 5.75 Å². The number of unbranched alkanes of at least 4 members (excludes halogenated alkanes) is 1. The van der Waals surface area contributed by atoms with Gasteiger partial charge in [0.05, 0.1) is 23.8 Å². The number of ether oxygens (including phenoxy) is 1. The molecule has 0 radical (unpaired) electrons. The van der Waals surface area contributed by atoms with E-state index in [4.69, 9.17) is 4.74 Å². The van der Waals surface area contributed by atoms with Gasteiger partial charge < -0.3 is 19.7 Å². The third-order valence-corrected chi connectivity index (χ3v) is 6.68. The van der Waals surface area contributed by atoms with Crippen molar-refractivity contribution in [2.24, 2.45) is 5.92 Å². The van der Waals surface area contributed by atoms with E-state index in [1.54, 1.807) is 10.6 Å². The van der Waals surface area contributed by atoms with Crippen molar-refractivity contribution in [3.8, 4) is 5.75 Å². The number of halogens is 5. The highest BCUT2D eigenvalue weighted by atomic mass is 19.4. The van der Waals surface area contributed by atoms with Crippen LogP contribution in [0.25, 0.3) is 0 Å². The second-order valence-corrected chi connectivity index (χ2v) is 9.43. The number of anilines is 1. The largest absolute Gasteiger partial charge is 0.490 e. The van der Waals surface area contributed by atoms with Gasteiger partial charge in [-0.2, -0.15) is 13.2 Å². The molecule has 0 unspecified atom stereocenters. The van der Waals surface area contributed by atoms with Crippen molar-refractivity contribution in [2.45, 2.75) is 51.2 Å². The molecule has 2 atom stereocenters. The van der Waals surface area contributed by atoms with Crippen molar-refractivity contribution in [1.29, 1.82) is 0 Å². The maximum absolute atomic E-state index is 13.9. The summed E-state index contributed by atoms with van der Waals surface area (Å²) < 4.78 is 75.3. The van der Waals surface area contributed by atoms with Gasteiger partial charge in [0.2, 0.25) is 0 Å². The Morgan fingerprint density at radius 3 is 2.51 bits per heavy atom. The van der Waals surface area contributed by atoms with Gasteiger partial charge in [0.25, 0.3) is 5.91 Å². The molecule has 1 aromatic heterocycles. The van der Waals surface area contributed by atoms with E-state index < -0.39 is 52.8 Å². The van der Waals surface area contributed by atoms with Gasteiger partial charge in [-0.15, -0.1) is 0 Å². The summed E-state index contributed by atoms with van der Waals surface area (Å²) in [7, 11) is 0. The predicted octanol–water partition coefficient (Wildman–Crippen LogP) is 6.65. The average molecular weight is 551 g/mol. The third kappa shape index (κ3) is 6.58. The Labute approximate surface area is 221 Å². The van der Waals surface area contributed by atoms with Gasteiger partial charge in [-0.05, 0) is 60.7 Å². The number of hydrogen-bond donors (Lipinski definition) is 2. The summed E-state index contributed by atoms with van der Waals surface area (Å²) in [6, 6.07) is 9.39. The van der Waals surface area contributed by atoms with Crippen LogP contribution in [0.4, 0.5) is 27.6 Å². The normalized spacial score (nSPS) is 16.7. The van der Waals surface area contributed by atoms with Gasteiger partial charge in [0, 0.05) is 24.7 Å². The van der Waals surface area contributed by atoms with Gasteiger partial charge in [0.15, 0.2) is 11.6 Å². The summed E-state index contributed by atoms with van der Waals surface area (Å²) in [5.74, 6) is -4.55. The van der Waals surface area contributed by atoms with Crippen LogP contribution < -0.4 is 10.1 Å². The maximum atomic E-state index is 13.9. The number of nitrogens with zero attached hydrogens (tertiary/aromatic N) is 1. The van der Waals surface area contributed by atoms with E-state index in [2.05, 4.69) is 5.32 Å². The minimum absolute atomic E-state index is 0.0200. The molecule has 1 amide bonds. The minimum Gasteiger partial charge on any atom is -0.490 e. The van der Waals surface area contributed by atoms with Crippen LogP contribution in [0.2, 0.25) is 0 Å². The van der Waals surface area contributed by atoms with Crippen molar-refractivity contribution in [1.82, 2.24) is 4.57 Å². The fourth-order valence-corrected chi connectivity index (χ4v) is 4.53. The molecule has 0 aliphatic heterocycles. The van der Waals surface area contributed by atoms with Crippen molar-refractivity contribution in [2.75, 3.05) is 11.9 Å². The first-order valence-corrected chi connectivity index (χ1v) is 12.5. The highest BCUT2D eigenvalue weighted by molar-refractivity contribution is 6.04. The molecular formula is C28H27F5N2O4. The number of alkyl halides is 3. The van der Waals surface area contributed by atoms with Crippen LogP contribution in [-0.2, 0) is 23.9 Å². The fraction of sp³-hybridized carbons (Fsp3) is 0.357. The molecule has 0 saturated heterocycles. The van der Waals surface area contributed by atoms with Crippen molar-refractivity contribution in [3.05, 3.63) is 82.7 Å². The molecule has 1 aliphatic rings. The molecule has 2 N–H and O–H groups in total. The summed E-state index contributed by atoms with van der Waals surface area (Å²) in [6.07, 6.45) is -2.67. The Bertz CT molecular complexity index is 1370. The molecule has 2 aromatic carbocycles. The first kappa shape index (κ1) is 28.1. The second-order valence-electron chi connectivity index (χ2n) is 9.43. The Morgan fingerprint density at radius 1 is 1.10 bits per heavy atom. The molecule has 11 heteroatoms. The predicted molar refractivity (Wildman–Crippen MR) is 133 cm³/mol. The number of carbonyl (C=O) groups is 2. The van der Waals surface area contributed by atoms with E-state index >= 15 is 0 Å². The van der Waals surface area contributed by atoms with Crippen LogP contribution in [0, 0.1) is 17.6 Å². The van der Waals surface area contributed by atoms with Crippen LogP contribution in [0.3, 0.4) is 0 Å². The lowest BCUT2D eigenvalue weighted by molar-refractivity contribution is -0.139. The average Bonchev–Trinajstić information content (AvgIpc) is 3.58. The summed E-state index contributed by atoms with van der Waals surface area (Å²) in [4.78, 5) is 24.5. The van der Waals surface area contributed by atoms with Gasteiger partial charge >= 0.3 is 12.1 Å². The number of aliphatic carboxylic acids is 1. The summed E-state index contributed by atoms with van der Waals surface area (Å²) in [6.45, 7) is 2.39. The first-order chi connectivity index (χ1) is 18.5. The fourth-order valence-electron chi connectivity index (χ4n) is 4.53. The second kappa shape index (κ2) is 11.5. The quantitative estimate of drug-likeness (QED) is 0.262. The van der Waals surface area contributed by atoms with Gasteiger partial charge in [-0.3, -0.25) is 9.59 Å². The van der Waals surface area contributed by atoms with E-state index in [0.29, 0.717) is 36.7 Å². The van der Waals surface area contributed by atoms with Gasteiger partial charge in [-0.1, -0.05) is 19.4 Å². The molecule has 1 fully saturated rings. The minimum atomic E-state index is -4.74. The van der Waals surface area contributed by atoms with Crippen molar-refractivity contribution < 1.29 is 41.4 Å². The van der Waals surface area contributed by atoms with E-state index in [1.165, 1.54) is 24.3 Å². The zero-order valence-corrected chi connectivity index (χ0v) is 21.0. The molecule has 6 nitrogen and oxygen atoms in total. The third-order valence-electron chi connectivity index (χ3n) is 6.68. The summed E-state index contributed by atoms with van der Waals surface area (Å²) in [5.41, 5.74) is -0.268. The number of aromatic nitrogens is 1. The molecule has 39 heavy (non-hydrogen) atoms. The molecule has 4 rings (SSSR count). The SMILES string of the molecule is CCCCn1c(CCOc2ccc(F)cc2F)ccc1C(=O)Nc1cc([C@H]2C[C@H]2C(=O)O)ccc1C(F)(F)F. The lowest BCUT2D eigenvalue weighted by atomic mass is 10.0. The lowest BCUT2D eigenvalue weighted by Crippen LogP contribution is -2.21. The Hall–Kier alpha value is -3.89. The van der Waals surface area contributed by atoms with E-state index in [9.17, 15) is 36.6 Å². The highest BCUT2D eigenvalue weighted by Gasteiger charge is 2.45. The highest BCUT2D eigenvalue weighted by Crippen LogP contribution is 2.49. The number of carboxylic acids is 1. The van der Waals surface area contributed by atoms with Crippen LogP contribution in [0.15, 0.2) is 48.5 Å². The number of benzene rings is 2. The molecule has 3 aromatic rings. The van der Waals surface area contributed by atoms with Crippen LogP contribution >= 0.6 is 0 Å². The van der Waals surface area contributed by atoms with Crippen LogP contribution in [0.1, 0.15) is 59.4 Å². The summed E-state index contributed by atoms with van der Waals surface area (Å²) >= 11 is 0. The zero-order chi connectivity index (χ0) is 28.3. The van der Waals surface area contributed by atoms with Crippen molar-refractivity contribution in [3.63, 3.8) is 0 Å². The number of carbonyl (C=O) groups excluding carboxylic acids is 1. The molecular weight excluding hydrogens is 523 g/mol.